The minimum atomic E-state index is 0.718. The third-order valence-corrected chi connectivity index (χ3v) is 9.28. The van der Waals surface area contributed by atoms with Crippen molar-refractivity contribution >= 4 is 56.7 Å². The summed E-state index contributed by atoms with van der Waals surface area (Å²) in [6.07, 6.45) is 16.9. The van der Waals surface area contributed by atoms with Gasteiger partial charge in [0.15, 0.2) is 5.89 Å². The molecule has 0 unspecified atom stereocenters. The Morgan fingerprint density at radius 1 is 0.397 bits per heavy atom. The Morgan fingerprint density at radius 3 is 1.16 bits per heavy atom. The number of nitrogens with zero attached hydrogens (tertiary/aromatic N) is 6. The van der Waals surface area contributed by atoms with Gasteiger partial charge in [0, 0.05) is 64.1 Å². The van der Waals surface area contributed by atoms with Crippen LogP contribution in [0.15, 0.2) is 150 Å². The first-order chi connectivity index (χ1) is 35.5. The van der Waals surface area contributed by atoms with Gasteiger partial charge in [0.1, 0.15) is 12.0 Å². The zero-order valence-electron chi connectivity index (χ0n) is 50.7. The van der Waals surface area contributed by atoms with E-state index < -0.39 is 0 Å². The minimum absolute atomic E-state index is 0.718. The quantitative estimate of drug-likeness (QED) is 0.146. The first-order valence-corrected chi connectivity index (χ1v) is 30.2. The van der Waals surface area contributed by atoms with E-state index in [-0.39, 0.29) is 0 Å². The Hall–Kier alpha value is -4.86. The van der Waals surface area contributed by atoms with Gasteiger partial charge in [0.25, 0.3) is 0 Å². The molecule has 0 saturated heterocycles. The highest BCUT2D eigenvalue weighted by molar-refractivity contribution is 7.10. The van der Waals surface area contributed by atoms with Crippen LogP contribution in [-0.2, 0) is 0 Å². The van der Waals surface area contributed by atoms with E-state index in [2.05, 4.69) is 78.1 Å². The molecule has 0 atom stereocenters. The van der Waals surface area contributed by atoms with Gasteiger partial charge in [-0.15, -0.1) is 45.3 Å². The van der Waals surface area contributed by atoms with E-state index in [0.29, 0.717) is 0 Å². The lowest BCUT2D eigenvalue weighted by atomic mass is 10.4. The van der Waals surface area contributed by atoms with E-state index in [0.717, 1.165) is 28.0 Å². The monoisotopic (exact) mass is 1100 g/mol. The molecule has 9 rings (SSSR count). The Balaban J connectivity index is -0.0000000868. The molecule has 0 fully saturated rings. The molecule has 0 amide bonds. The summed E-state index contributed by atoms with van der Waals surface area (Å²) >= 11 is 8.48. The SMILES string of the molecule is CC.CC.CC.CC.CC.CC.CC.CC.CC.Cc1ccco1.Cc1cccs1.Cc1ccoc1.Cc1ccsc1.Cc1cnccn1.Cc1cncs1.Cc1cscn1.Cc1ncco1.Cc1nccs1. The van der Waals surface area contributed by atoms with Crippen molar-refractivity contribution < 1.29 is 13.3 Å². The molecule has 0 saturated carbocycles. The van der Waals surface area contributed by atoms with Gasteiger partial charge in [-0.05, 0) is 113 Å². The van der Waals surface area contributed by atoms with Gasteiger partial charge in [0.2, 0.25) is 0 Å². The zero-order valence-corrected chi connectivity index (χ0v) is 54.8. The Morgan fingerprint density at radius 2 is 1.03 bits per heavy atom. The average Bonchev–Trinajstić information content (AvgIpc) is 4.29. The second-order valence-electron chi connectivity index (χ2n) is 10.7. The molecule has 0 bridgehead atoms. The van der Waals surface area contributed by atoms with Crippen LogP contribution >= 0.6 is 56.7 Å². The molecular weight excluding hydrogens is 1000 g/mol. The van der Waals surface area contributed by atoms with Gasteiger partial charge in [-0.25, -0.2) is 4.98 Å². The largest absolute Gasteiger partial charge is 0.472 e. The van der Waals surface area contributed by atoms with Gasteiger partial charge in [-0.2, -0.15) is 11.3 Å². The van der Waals surface area contributed by atoms with E-state index in [4.69, 9.17) is 13.3 Å². The molecule has 0 aromatic carbocycles. The van der Waals surface area contributed by atoms with Crippen LogP contribution in [0.5, 0.6) is 0 Å². The number of furan rings is 2. The first kappa shape index (κ1) is 87.8. The molecule has 0 aliphatic rings. The standard InChI is InChI=1S/C5H6N2.2C5H6O.2C5H6S.C4H5NO.3C4H5NS.9C2H6/c1-5-4-6-2-3-7-5;1-5-2-3-6-4-5;1-5-3-2-4-6-5;1-5-2-3-6-4-5;1-5-3-2-4-6-5;1-4-5-2-3-6-4;1-4-2-6-3-5-4;1-4-2-5-3-6-4;1-4-5-2-3-6-4;9*1-2/h2-4H,1H3;4*2-4H,1H3;4*2-3H,1H3;9*1-2H3. The van der Waals surface area contributed by atoms with Crippen LogP contribution in [0.4, 0.5) is 0 Å². The first-order valence-electron chi connectivity index (χ1n) is 25.7. The summed E-state index contributed by atoms with van der Waals surface area (Å²) in [6, 6.07) is 12.0. The van der Waals surface area contributed by atoms with Crippen molar-refractivity contribution in [1.82, 2.24) is 29.9 Å². The summed E-state index contributed by atoms with van der Waals surface area (Å²) in [5.41, 5.74) is 8.27. The van der Waals surface area contributed by atoms with Crippen molar-refractivity contribution in [3.8, 4) is 0 Å². The Bertz CT molecular complexity index is 1580. The molecule has 0 N–H and O–H groups in total. The normalized spacial score (nSPS) is 7.38. The number of thiazole rings is 3. The summed E-state index contributed by atoms with van der Waals surface area (Å²) in [7, 11) is 0. The molecular formula is C59H104N6O3S5. The third-order valence-electron chi connectivity index (χ3n) is 5.57. The molecule has 9 aromatic rings. The van der Waals surface area contributed by atoms with Crippen LogP contribution in [-0.4, -0.2) is 29.9 Å². The molecule has 418 valence electrons. The maximum absolute atomic E-state index is 4.83. The fourth-order valence-electron chi connectivity index (χ4n) is 2.90. The lowest BCUT2D eigenvalue weighted by Gasteiger charge is -1.81. The number of aryl methyl sites for hydroxylation is 9. The second-order valence-corrected chi connectivity index (χ2v) is 15.6. The highest BCUT2D eigenvalue weighted by Crippen LogP contribution is 2.04. The van der Waals surface area contributed by atoms with Crippen LogP contribution < -0.4 is 0 Å². The summed E-state index contributed by atoms with van der Waals surface area (Å²) in [6.45, 7) is 53.8. The highest BCUT2D eigenvalue weighted by atomic mass is 32.1. The molecule has 9 aromatic heterocycles. The minimum Gasteiger partial charge on any atom is -0.472 e. The molecule has 0 spiro atoms. The lowest BCUT2D eigenvalue weighted by molar-refractivity contribution is 0.521. The smallest absolute Gasteiger partial charge is 0.190 e. The van der Waals surface area contributed by atoms with Crippen molar-refractivity contribution in [2.24, 2.45) is 0 Å². The topological polar surface area (TPSA) is 117 Å². The molecule has 9 nitrogen and oxygen atoms in total. The molecule has 73 heavy (non-hydrogen) atoms. The van der Waals surface area contributed by atoms with E-state index in [1.807, 2.05) is 212 Å². The predicted octanol–water partition coefficient (Wildman–Crippen LogP) is 22.6. The lowest BCUT2D eigenvalue weighted by Crippen LogP contribution is -1.77. The third kappa shape index (κ3) is 81.5. The number of oxazole rings is 1. The molecule has 9 heterocycles. The number of aromatic nitrogens is 6. The van der Waals surface area contributed by atoms with Gasteiger partial charge in [-0.3, -0.25) is 24.9 Å². The summed E-state index contributed by atoms with van der Waals surface area (Å²) in [4.78, 5) is 25.9. The van der Waals surface area contributed by atoms with Crippen LogP contribution in [0.3, 0.4) is 0 Å². The van der Waals surface area contributed by atoms with E-state index in [9.17, 15) is 0 Å². The summed E-state index contributed by atoms with van der Waals surface area (Å²) in [5, 5.41) is 11.4. The van der Waals surface area contributed by atoms with Gasteiger partial charge in [0.05, 0.1) is 46.7 Å². The van der Waals surface area contributed by atoms with E-state index in [1.54, 1.807) is 120 Å². The van der Waals surface area contributed by atoms with Crippen LogP contribution in [0, 0.1) is 62.3 Å². The average molecular weight is 1110 g/mol. The van der Waals surface area contributed by atoms with E-state index in [1.165, 1.54) is 20.9 Å². The highest BCUT2D eigenvalue weighted by Gasteiger charge is 1.80. The van der Waals surface area contributed by atoms with Crippen LogP contribution in [0.1, 0.15) is 174 Å². The summed E-state index contributed by atoms with van der Waals surface area (Å²) < 4.78 is 14.3. The number of thiophene rings is 2. The Kier molecular flexibility index (Phi) is 101. The van der Waals surface area contributed by atoms with Gasteiger partial charge >= 0.3 is 0 Å². The van der Waals surface area contributed by atoms with Crippen LogP contribution in [0.25, 0.3) is 0 Å². The molecule has 0 aliphatic heterocycles. The van der Waals surface area contributed by atoms with Gasteiger partial charge < -0.3 is 13.3 Å². The maximum atomic E-state index is 4.83. The molecule has 0 radical (unpaired) electrons. The Labute approximate surface area is 469 Å². The number of rotatable bonds is 0. The van der Waals surface area contributed by atoms with Gasteiger partial charge in [-0.1, -0.05) is 131 Å². The molecule has 14 heteroatoms. The van der Waals surface area contributed by atoms with Crippen molar-refractivity contribution in [3.63, 3.8) is 0 Å². The van der Waals surface area contributed by atoms with E-state index >= 15 is 0 Å². The fraction of sp³-hybridized carbons (Fsp3) is 0.458. The van der Waals surface area contributed by atoms with Crippen LogP contribution in [0.2, 0.25) is 0 Å². The number of hydrogen-bond acceptors (Lipinski definition) is 14. The maximum Gasteiger partial charge on any atom is 0.190 e. The second kappa shape index (κ2) is 84.0. The van der Waals surface area contributed by atoms with Crippen molar-refractivity contribution in [2.45, 2.75) is 187 Å². The van der Waals surface area contributed by atoms with Crippen molar-refractivity contribution in [3.05, 3.63) is 185 Å². The molecule has 0 aliphatic carbocycles. The predicted molar refractivity (Wildman–Crippen MR) is 336 cm³/mol. The fourth-order valence-corrected chi connectivity index (χ4v) is 5.49. The van der Waals surface area contributed by atoms with Crippen molar-refractivity contribution in [2.75, 3.05) is 0 Å². The summed E-state index contributed by atoms with van der Waals surface area (Å²) in [5.74, 6) is 1.69. The van der Waals surface area contributed by atoms with Crippen molar-refractivity contribution in [1.29, 1.82) is 0 Å². The number of hydrogen-bond donors (Lipinski definition) is 0. The zero-order chi connectivity index (χ0) is 58.4.